The number of urea groups is 1. The van der Waals surface area contributed by atoms with Gasteiger partial charge in [-0.1, -0.05) is 18.2 Å². The normalized spacial score (nSPS) is 20.0. The van der Waals surface area contributed by atoms with Gasteiger partial charge in [0.1, 0.15) is 11.4 Å². The number of nitrogens with one attached hydrogen (secondary N) is 3. The van der Waals surface area contributed by atoms with Crippen LogP contribution < -0.4 is 15.4 Å². The van der Waals surface area contributed by atoms with Gasteiger partial charge in [0.15, 0.2) is 5.54 Å². The lowest BCUT2D eigenvalue weighted by atomic mass is 9.99. The van der Waals surface area contributed by atoms with Crippen molar-refractivity contribution in [3.8, 4) is 0 Å². The second kappa shape index (κ2) is 5.93. The number of furan rings is 1. The number of carbonyl (C=O) groups excluding carboxylic acids is 2. The molecule has 1 atom stereocenters. The second-order valence-corrected chi connectivity index (χ2v) is 7.80. The zero-order valence-corrected chi connectivity index (χ0v) is 14.9. The van der Waals surface area contributed by atoms with Crippen LogP contribution in [0.15, 0.2) is 52.2 Å². The van der Waals surface area contributed by atoms with E-state index in [4.69, 9.17) is 4.42 Å². The number of benzene rings is 1. The standard InChI is InChI=1S/C16H15N5O5S/c1-21-7-6-17-13(21)16(14(22)19-15(23)20-16)9-18-27(24,25)12-8-10-4-2-3-5-11(10)26-12/h2-8,18H,9H2,1H3,(H2,19,20,22,23). The maximum absolute atomic E-state index is 12.7. The van der Waals surface area contributed by atoms with Crippen LogP contribution in [0.3, 0.4) is 0 Å². The number of fused-ring (bicyclic) bond motifs is 1. The number of hydrogen-bond acceptors (Lipinski definition) is 6. The number of aryl methyl sites for hydroxylation is 1. The molecule has 1 unspecified atom stereocenters. The third-order valence-corrected chi connectivity index (χ3v) is 5.59. The summed E-state index contributed by atoms with van der Waals surface area (Å²) in [6.07, 6.45) is 3.03. The fourth-order valence-electron chi connectivity index (χ4n) is 2.99. The van der Waals surface area contributed by atoms with Gasteiger partial charge in [-0.05, 0) is 6.07 Å². The molecular formula is C16H15N5O5S. The average molecular weight is 389 g/mol. The topological polar surface area (TPSA) is 135 Å². The van der Waals surface area contributed by atoms with Crippen molar-refractivity contribution in [2.45, 2.75) is 10.6 Å². The molecule has 1 aliphatic rings. The van der Waals surface area contributed by atoms with E-state index in [1.54, 1.807) is 37.5 Å². The van der Waals surface area contributed by atoms with Crippen LogP contribution in [0.4, 0.5) is 4.79 Å². The molecule has 27 heavy (non-hydrogen) atoms. The molecule has 1 fully saturated rings. The van der Waals surface area contributed by atoms with Gasteiger partial charge in [0.05, 0.1) is 6.54 Å². The predicted octanol–water partition coefficient (Wildman–Crippen LogP) is 0.179. The van der Waals surface area contributed by atoms with E-state index in [9.17, 15) is 18.0 Å². The molecule has 3 amide bonds. The molecular weight excluding hydrogens is 374 g/mol. The smallest absolute Gasteiger partial charge is 0.322 e. The summed E-state index contributed by atoms with van der Waals surface area (Å²) in [7, 11) is -2.44. The van der Waals surface area contributed by atoms with E-state index < -0.39 is 34.0 Å². The molecule has 1 saturated heterocycles. The summed E-state index contributed by atoms with van der Waals surface area (Å²) in [5, 5.41) is 4.93. The maximum Gasteiger partial charge on any atom is 0.322 e. The Morgan fingerprint density at radius 3 is 2.70 bits per heavy atom. The molecule has 3 heterocycles. The average Bonchev–Trinajstić information content (AvgIpc) is 3.31. The maximum atomic E-state index is 12.7. The van der Waals surface area contributed by atoms with Crippen molar-refractivity contribution in [3.63, 3.8) is 0 Å². The molecule has 3 N–H and O–H groups in total. The highest BCUT2D eigenvalue weighted by atomic mass is 32.2. The van der Waals surface area contributed by atoms with Crippen molar-refractivity contribution in [2.75, 3.05) is 6.54 Å². The number of aromatic nitrogens is 2. The van der Waals surface area contributed by atoms with Crippen LogP contribution in [0, 0.1) is 0 Å². The van der Waals surface area contributed by atoms with Crippen LogP contribution in [0.5, 0.6) is 0 Å². The van der Waals surface area contributed by atoms with Crippen molar-refractivity contribution in [1.29, 1.82) is 0 Å². The van der Waals surface area contributed by atoms with Crippen molar-refractivity contribution in [3.05, 3.63) is 48.5 Å². The number of imide groups is 1. The zero-order valence-electron chi connectivity index (χ0n) is 14.1. The quantitative estimate of drug-likeness (QED) is 0.533. The van der Waals surface area contributed by atoms with E-state index in [1.165, 1.54) is 16.8 Å². The van der Waals surface area contributed by atoms with E-state index in [2.05, 4.69) is 20.3 Å². The van der Waals surface area contributed by atoms with Gasteiger partial charge in [0.2, 0.25) is 5.09 Å². The van der Waals surface area contributed by atoms with Crippen LogP contribution in [-0.2, 0) is 27.4 Å². The Bertz CT molecular complexity index is 1130. The van der Waals surface area contributed by atoms with Gasteiger partial charge in [0, 0.05) is 30.9 Å². The Morgan fingerprint density at radius 2 is 2.07 bits per heavy atom. The highest BCUT2D eigenvalue weighted by Gasteiger charge is 2.51. The molecule has 140 valence electrons. The molecule has 1 aliphatic heterocycles. The van der Waals surface area contributed by atoms with Crippen LogP contribution in [0.1, 0.15) is 5.82 Å². The van der Waals surface area contributed by atoms with Crippen molar-refractivity contribution in [1.82, 2.24) is 24.9 Å². The molecule has 0 bridgehead atoms. The molecule has 0 spiro atoms. The summed E-state index contributed by atoms with van der Waals surface area (Å²) >= 11 is 0. The highest BCUT2D eigenvalue weighted by Crippen LogP contribution is 2.25. The SMILES string of the molecule is Cn1ccnc1C1(CNS(=O)(=O)c2cc3ccccc3o2)NC(=O)NC1=O. The summed E-state index contributed by atoms with van der Waals surface area (Å²) < 4.78 is 34.6. The van der Waals surface area contributed by atoms with Crippen LogP contribution in [0.25, 0.3) is 11.0 Å². The number of sulfonamides is 1. The Morgan fingerprint density at radius 1 is 1.30 bits per heavy atom. The number of carbonyl (C=O) groups is 2. The third-order valence-electron chi connectivity index (χ3n) is 4.34. The second-order valence-electron chi connectivity index (χ2n) is 6.10. The van der Waals surface area contributed by atoms with Crippen molar-refractivity contribution >= 4 is 32.9 Å². The van der Waals surface area contributed by atoms with Gasteiger partial charge in [-0.25, -0.2) is 22.9 Å². The molecule has 0 radical (unpaired) electrons. The van der Waals surface area contributed by atoms with Crippen molar-refractivity contribution in [2.24, 2.45) is 7.05 Å². The van der Waals surface area contributed by atoms with Crippen LogP contribution in [0.2, 0.25) is 0 Å². The third kappa shape index (κ3) is 2.76. The fourth-order valence-corrected chi connectivity index (χ4v) is 4.02. The van der Waals surface area contributed by atoms with Crippen LogP contribution >= 0.6 is 0 Å². The zero-order chi connectivity index (χ0) is 19.2. The van der Waals surface area contributed by atoms with Gasteiger partial charge >= 0.3 is 6.03 Å². The first-order valence-electron chi connectivity index (χ1n) is 7.91. The van der Waals surface area contributed by atoms with E-state index in [0.29, 0.717) is 11.0 Å². The number of amides is 3. The first-order chi connectivity index (χ1) is 12.8. The fraction of sp³-hybridized carbons (Fsp3) is 0.188. The number of hydrogen-bond donors (Lipinski definition) is 3. The van der Waals surface area contributed by atoms with Gasteiger partial charge in [-0.3, -0.25) is 10.1 Å². The van der Waals surface area contributed by atoms with E-state index in [1.807, 2.05) is 0 Å². The minimum absolute atomic E-state index is 0.193. The van der Waals surface area contributed by atoms with Gasteiger partial charge in [-0.2, -0.15) is 0 Å². The highest BCUT2D eigenvalue weighted by molar-refractivity contribution is 7.89. The van der Waals surface area contributed by atoms with E-state index in [-0.39, 0.29) is 10.9 Å². The lowest BCUT2D eigenvalue weighted by molar-refractivity contribution is -0.124. The number of para-hydroxylation sites is 1. The monoisotopic (exact) mass is 389 g/mol. The number of rotatable bonds is 5. The summed E-state index contributed by atoms with van der Waals surface area (Å²) in [5.41, 5.74) is -1.25. The first-order valence-corrected chi connectivity index (χ1v) is 9.40. The van der Waals surface area contributed by atoms with Gasteiger partial charge in [0.25, 0.3) is 15.9 Å². The lowest BCUT2D eigenvalue weighted by Gasteiger charge is -2.25. The molecule has 2 aromatic heterocycles. The lowest BCUT2D eigenvalue weighted by Crippen LogP contribution is -2.53. The Hall–Kier alpha value is -3.18. The van der Waals surface area contributed by atoms with Gasteiger partial charge in [-0.15, -0.1) is 0 Å². The van der Waals surface area contributed by atoms with Crippen molar-refractivity contribution < 1.29 is 22.4 Å². The van der Waals surface area contributed by atoms with E-state index in [0.717, 1.165) is 0 Å². The summed E-state index contributed by atoms with van der Waals surface area (Å²) in [6, 6.07) is 7.51. The summed E-state index contributed by atoms with van der Waals surface area (Å²) in [4.78, 5) is 28.2. The van der Waals surface area contributed by atoms with Gasteiger partial charge < -0.3 is 14.3 Å². The number of imidazole rings is 1. The Balaban J connectivity index is 1.67. The molecule has 4 rings (SSSR count). The van der Waals surface area contributed by atoms with E-state index >= 15 is 0 Å². The minimum Gasteiger partial charge on any atom is -0.443 e. The summed E-state index contributed by atoms with van der Waals surface area (Å²) in [6.45, 7) is -0.436. The number of nitrogens with zero attached hydrogens (tertiary/aromatic N) is 2. The Labute approximate surface area is 153 Å². The molecule has 10 nitrogen and oxygen atoms in total. The molecule has 0 aliphatic carbocycles. The predicted molar refractivity (Wildman–Crippen MR) is 93.0 cm³/mol. The molecule has 3 aromatic rings. The molecule has 11 heteroatoms. The first kappa shape index (κ1) is 17.2. The molecule has 1 aromatic carbocycles. The largest absolute Gasteiger partial charge is 0.443 e. The minimum atomic E-state index is -4.08. The molecule has 0 saturated carbocycles. The Kier molecular flexibility index (Phi) is 3.78. The summed E-state index contributed by atoms with van der Waals surface area (Å²) in [5.74, 6) is -0.507. The van der Waals surface area contributed by atoms with Crippen LogP contribution in [-0.4, -0.2) is 36.5 Å².